The summed E-state index contributed by atoms with van der Waals surface area (Å²) in [5.74, 6) is 0. The minimum atomic E-state index is 0.557. The molecule has 0 atom stereocenters. The maximum atomic E-state index is 6.34. The van der Waals surface area contributed by atoms with Crippen molar-refractivity contribution >= 4 is 76.6 Å². The zero-order chi connectivity index (χ0) is 32.8. The third-order valence-electron chi connectivity index (χ3n) is 10.2. The van der Waals surface area contributed by atoms with Gasteiger partial charge in [0.25, 0.3) is 0 Å². The van der Waals surface area contributed by atoms with Gasteiger partial charge in [-0.2, -0.15) is 0 Å². The third-order valence-corrected chi connectivity index (χ3v) is 10.2. The molecule has 0 unspecified atom stereocenters. The Morgan fingerprint density at radius 2 is 0.920 bits per heavy atom. The molecule has 0 N–H and O–H groups in total. The highest BCUT2D eigenvalue weighted by Crippen LogP contribution is 2.39. The van der Waals surface area contributed by atoms with E-state index < -0.39 is 0 Å². The molecule has 11 aromatic rings. The normalized spacial score (nSPS) is 12.0. The minimum Gasteiger partial charge on any atom is -0.436 e. The standard InChI is InChI=1S/C46H27N3O/c1-2-13-32(14-3-1)49-40-20-9-8-17-35(40)38-26-30(21-23-41(38)49)28-11-10-12-29(25-28)31-22-24-42-39(27-31)45-46(50-42)48-44-37-19-7-5-16-34(37)33-15-4-6-18-36(33)43(44)47-45/h1-27H. The van der Waals surface area contributed by atoms with Crippen LogP contribution in [0.15, 0.2) is 168 Å². The molecule has 4 heteroatoms. The van der Waals surface area contributed by atoms with Gasteiger partial charge in [-0.1, -0.05) is 115 Å². The van der Waals surface area contributed by atoms with Gasteiger partial charge in [-0.15, -0.1) is 0 Å². The van der Waals surface area contributed by atoms with E-state index in [0.29, 0.717) is 5.71 Å². The Bertz CT molecular complexity index is 3150. The fourth-order valence-corrected chi connectivity index (χ4v) is 7.86. The molecular formula is C46H27N3O. The molecule has 4 nitrogen and oxygen atoms in total. The molecule has 0 fully saturated rings. The maximum absolute atomic E-state index is 6.34. The number of hydrogen-bond acceptors (Lipinski definition) is 3. The van der Waals surface area contributed by atoms with Gasteiger partial charge in [0.2, 0.25) is 5.71 Å². The zero-order valence-corrected chi connectivity index (χ0v) is 26.8. The van der Waals surface area contributed by atoms with Crippen LogP contribution >= 0.6 is 0 Å². The van der Waals surface area contributed by atoms with Gasteiger partial charge in [-0.3, -0.25) is 0 Å². The Morgan fingerprint density at radius 3 is 1.66 bits per heavy atom. The van der Waals surface area contributed by atoms with Gasteiger partial charge < -0.3 is 8.98 Å². The van der Waals surface area contributed by atoms with Crippen LogP contribution in [0.2, 0.25) is 0 Å². The van der Waals surface area contributed by atoms with Gasteiger partial charge in [0.1, 0.15) is 16.6 Å². The average molecular weight is 638 g/mol. The molecule has 0 radical (unpaired) electrons. The minimum absolute atomic E-state index is 0.557. The fourth-order valence-electron chi connectivity index (χ4n) is 7.86. The number of fused-ring (bicyclic) bond motifs is 12. The van der Waals surface area contributed by atoms with Crippen molar-refractivity contribution in [1.29, 1.82) is 0 Å². The van der Waals surface area contributed by atoms with Crippen molar-refractivity contribution in [3.63, 3.8) is 0 Å². The van der Waals surface area contributed by atoms with Crippen molar-refractivity contribution in [2.24, 2.45) is 0 Å². The Hall–Kier alpha value is -6.78. The molecule has 232 valence electrons. The van der Waals surface area contributed by atoms with E-state index in [9.17, 15) is 0 Å². The maximum Gasteiger partial charge on any atom is 0.246 e. The second kappa shape index (κ2) is 10.4. The van der Waals surface area contributed by atoms with E-state index in [2.05, 4.69) is 162 Å². The van der Waals surface area contributed by atoms with Gasteiger partial charge in [0.05, 0.1) is 16.6 Å². The molecule has 0 aliphatic rings. The van der Waals surface area contributed by atoms with E-state index in [-0.39, 0.29) is 0 Å². The lowest BCUT2D eigenvalue weighted by Gasteiger charge is -2.09. The van der Waals surface area contributed by atoms with Gasteiger partial charge in [-0.25, -0.2) is 9.97 Å². The molecule has 0 amide bonds. The van der Waals surface area contributed by atoms with Crippen LogP contribution in [0.5, 0.6) is 0 Å². The van der Waals surface area contributed by atoms with E-state index >= 15 is 0 Å². The third kappa shape index (κ3) is 3.93. The first-order valence-electron chi connectivity index (χ1n) is 16.9. The van der Waals surface area contributed by atoms with Crippen molar-refractivity contribution in [1.82, 2.24) is 14.5 Å². The molecule has 0 saturated carbocycles. The van der Waals surface area contributed by atoms with Gasteiger partial charge in [0, 0.05) is 32.6 Å². The molecular weight excluding hydrogens is 611 g/mol. The quantitative estimate of drug-likeness (QED) is 0.181. The Morgan fingerprint density at radius 1 is 0.360 bits per heavy atom. The van der Waals surface area contributed by atoms with Gasteiger partial charge in [-0.05, 0) is 81.6 Å². The van der Waals surface area contributed by atoms with Crippen LogP contribution in [0.1, 0.15) is 0 Å². The molecule has 0 bridgehead atoms. The Labute approximate surface area is 286 Å². The summed E-state index contributed by atoms with van der Waals surface area (Å²) in [4.78, 5) is 10.3. The Balaban J connectivity index is 1.06. The second-order valence-electron chi connectivity index (χ2n) is 13.0. The first kappa shape index (κ1) is 27.2. The number of rotatable bonds is 3. The summed E-state index contributed by atoms with van der Waals surface area (Å²) in [6.07, 6.45) is 0. The largest absolute Gasteiger partial charge is 0.436 e. The van der Waals surface area contributed by atoms with E-state index in [1.807, 2.05) is 6.07 Å². The van der Waals surface area contributed by atoms with Crippen molar-refractivity contribution in [3.05, 3.63) is 164 Å². The zero-order valence-electron chi connectivity index (χ0n) is 26.8. The smallest absolute Gasteiger partial charge is 0.246 e. The predicted octanol–water partition coefficient (Wildman–Crippen LogP) is 12.3. The fraction of sp³-hybridized carbons (Fsp3) is 0. The van der Waals surface area contributed by atoms with Crippen LogP contribution < -0.4 is 0 Å². The molecule has 50 heavy (non-hydrogen) atoms. The lowest BCUT2D eigenvalue weighted by molar-refractivity contribution is 0.655. The summed E-state index contributed by atoms with van der Waals surface area (Å²) >= 11 is 0. The Kier molecular flexibility index (Phi) is 5.63. The summed E-state index contributed by atoms with van der Waals surface area (Å²) in [5, 5.41) is 7.97. The van der Waals surface area contributed by atoms with Crippen molar-refractivity contribution in [2.75, 3.05) is 0 Å². The molecule has 0 saturated heterocycles. The predicted molar refractivity (Wildman–Crippen MR) is 207 cm³/mol. The molecule has 11 rings (SSSR count). The first-order chi connectivity index (χ1) is 24.8. The highest BCUT2D eigenvalue weighted by atomic mass is 16.3. The molecule has 0 aliphatic carbocycles. The van der Waals surface area contributed by atoms with Crippen molar-refractivity contribution in [2.45, 2.75) is 0 Å². The highest BCUT2D eigenvalue weighted by Gasteiger charge is 2.18. The highest BCUT2D eigenvalue weighted by molar-refractivity contribution is 6.24. The van der Waals surface area contributed by atoms with Gasteiger partial charge in [0.15, 0.2) is 0 Å². The second-order valence-corrected chi connectivity index (χ2v) is 13.0. The van der Waals surface area contributed by atoms with Crippen molar-refractivity contribution < 1.29 is 4.42 Å². The molecule has 0 spiro atoms. The average Bonchev–Trinajstić information content (AvgIpc) is 3.72. The number of aromatic nitrogens is 3. The lowest BCUT2D eigenvalue weighted by Crippen LogP contribution is -1.92. The first-order valence-corrected chi connectivity index (χ1v) is 16.9. The van der Waals surface area contributed by atoms with Crippen molar-refractivity contribution in [3.8, 4) is 27.9 Å². The summed E-state index contributed by atoms with van der Waals surface area (Å²) in [5.41, 5.74) is 12.0. The summed E-state index contributed by atoms with van der Waals surface area (Å²) in [6, 6.07) is 58.1. The number of nitrogens with zero attached hydrogens (tertiary/aromatic N) is 3. The van der Waals surface area contributed by atoms with Crippen LogP contribution in [0.25, 0.3) is 105 Å². The summed E-state index contributed by atoms with van der Waals surface area (Å²) in [7, 11) is 0. The number of benzene rings is 8. The number of hydrogen-bond donors (Lipinski definition) is 0. The number of furan rings is 1. The van der Waals surface area contributed by atoms with Crippen LogP contribution in [0.4, 0.5) is 0 Å². The molecule has 3 heterocycles. The topological polar surface area (TPSA) is 43.9 Å². The monoisotopic (exact) mass is 637 g/mol. The van der Waals surface area contributed by atoms with E-state index in [1.54, 1.807) is 0 Å². The van der Waals surface area contributed by atoms with Crippen LogP contribution in [-0.2, 0) is 0 Å². The molecule has 8 aromatic carbocycles. The SMILES string of the molecule is c1ccc(-n2c3ccccc3c3cc(-c4cccc(-c5ccc6oc7nc8c9ccccc9c9ccccc9c8nc7c6c5)c4)ccc32)cc1. The molecule has 3 aromatic heterocycles. The van der Waals surface area contributed by atoms with E-state index in [4.69, 9.17) is 14.4 Å². The van der Waals surface area contributed by atoms with Crippen LogP contribution in [0.3, 0.4) is 0 Å². The van der Waals surface area contributed by atoms with Gasteiger partial charge >= 0.3 is 0 Å². The van der Waals surface area contributed by atoms with Crippen LogP contribution in [0, 0.1) is 0 Å². The summed E-state index contributed by atoms with van der Waals surface area (Å²) < 4.78 is 8.69. The summed E-state index contributed by atoms with van der Waals surface area (Å²) in [6.45, 7) is 0. The van der Waals surface area contributed by atoms with Crippen LogP contribution in [-0.4, -0.2) is 14.5 Å². The number of para-hydroxylation sites is 2. The lowest BCUT2D eigenvalue weighted by atomic mass is 9.97. The van der Waals surface area contributed by atoms with E-state index in [0.717, 1.165) is 55.1 Å². The van der Waals surface area contributed by atoms with E-state index in [1.165, 1.54) is 43.7 Å². The molecule has 0 aliphatic heterocycles.